The average Bonchev–Trinajstić information content (AvgIpc) is 2.38. The van der Waals surface area contributed by atoms with E-state index >= 15 is 0 Å². The van der Waals surface area contributed by atoms with Gasteiger partial charge >= 0.3 is 12.3 Å². The van der Waals surface area contributed by atoms with Crippen molar-refractivity contribution in [2.45, 2.75) is 32.2 Å². The second-order valence-electron chi connectivity index (χ2n) is 4.42. The Balaban J connectivity index is 2.58. The summed E-state index contributed by atoms with van der Waals surface area (Å²) in [5, 5.41) is 3.04. The molecule has 0 aliphatic carbocycles. The van der Waals surface area contributed by atoms with Gasteiger partial charge in [-0.3, -0.25) is 4.98 Å². The number of ether oxygens (including phenoxy) is 1. The standard InChI is InChI=1S/C13H18F4N2O/c1-3-18-11(10-5-4-9(2)19-6-10)7-20-8-13(16,17)12(14)15/h4-6,11-12,18H,3,7-8H2,1-2H3. The van der Waals surface area contributed by atoms with Crippen molar-refractivity contribution in [3.63, 3.8) is 0 Å². The molecule has 1 N–H and O–H groups in total. The number of pyridine rings is 1. The van der Waals surface area contributed by atoms with Crippen LogP contribution in [0.4, 0.5) is 17.6 Å². The molecule has 0 amide bonds. The maximum atomic E-state index is 12.7. The Labute approximate surface area is 115 Å². The zero-order chi connectivity index (χ0) is 15.2. The zero-order valence-electron chi connectivity index (χ0n) is 11.4. The van der Waals surface area contributed by atoms with Gasteiger partial charge in [0.15, 0.2) is 0 Å². The molecule has 7 heteroatoms. The fourth-order valence-electron chi connectivity index (χ4n) is 1.58. The van der Waals surface area contributed by atoms with Gasteiger partial charge in [0.05, 0.1) is 12.6 Å². The van der Waals surface area contributed by atoms with Gasteiger partial charge in [-0.05, 0) is 25.1 Å². The van der Waals surface area contributed by atoms with Gasteiger partial charge in [-0.1, -0.05) is 13.0 Å². The monoisotopic (exact) mass is 294 g/mol. The highest BCUT2D eigenvalue weighted by molar-refractivity contribution is 5.17. The van der Waals surface area contributed by atoms with Crippen LogP contribution >= 0.6 is 0 Å². The third kappa shape index (κ3) is 5.05. The third-order valence-electron chi connectivity index (χ3n) is 2.69. The highest BCUT2D eigenvalue weighted by atomic mass is 19.3. The number of nitrogens with zero attached hydrogens (tertiary/aromatic N) is 1. The van der Waals surface area contributed by atoms with Crippen LogP contribution in [0.2, 0.25) is 0 Å². The summed E-state index contributed by atoms with van der Waals surface area (Å²) in [6.07, 6.45) is -2.11. The number of aryl methyl sites for hydroxylation is 1. The van der Waals surface area contributed by atoms with Gasteiger partial charge in [0.1, 0.15) is 6.61 Å². The molecular formula is C13H18F4N2O. The fourth-order valence-corrected chi connectivity index (χ4v) is 1.58. The van der Waals surface area contributed by atoms with Crippen molar-refractivity contribution in [1.29, 1.82) is 0 Å². The first-order valence-electron chi connectivity index (χ1n) is 6.26. The van der Waals surface area contributed by atoms with Crippen LogP contribution in [0.1, 0.15) is 24.2 Å². The lowest BCUT2D eigenvalue weighted by Crippen LogP contribution is -2.34. The average molecular weight is 294 g/mol. The summed E-state index contributed by atoms with van der Waals surface area (Å²) in [7, 11) is 0. The molecule has 0 aliphatic rings. The van der Waals surface area contributed by atoms with Crippen LogP contribution in [0, 0.1) is 6.92 Å². The van der Waals surface area contributed by atoms with Gasteiger partial charge in [0.2, 0.25) is 0 Å². The normalized spacial score (nSPS) is 13.8. The Hall–Kier alpha value is -1.21. The van der Waals surface area contributed by atoms with E-state index in [9.17, 15) is 17.6 Å². The van der Waals surface area contributed by atoms with E-state index in [4.69, 9.17) is 4.74 Å². The van der Waals surface area contributed by atoms with Crippen LogP contribution in [0.15, 0.2) is 18.3 Å². The van der Waals surface area contributed by atoms with Crippen molar-refractivity contribution in [1.82, 2.24) is 10.3 Å². The third-order valence-corrected chi connectivity index (χ3v) is 2.69. The second-order valence-corrected chi connectivity index (χ2v) is 4.42. The van der Waals surface area contributed by atoms with E-state index in [2.05, 4.69) is 10.3 Å². The first kappa shape index (κ1) is 16.8. The molecule has 0 spiro atoms. The topological polar surface area (TPSA) is 34.1 Å². The van der Waals surface area contributed by atoms with E-state index in [1.807, 2.05) is 13.8 Å². The molecular weight excluding hydrogens is 276 g/mol. The number of aromatic nitrogens is 1. The molecule has 0 saturated carbocycles. The number of alkyl halides is 4. The molecule has 3 nitrogen and oxygen atoms in total. The Morgan fingerprint density at radius 1 is 1.35 bits per heavy atom. The van der Waals surface area contributed by atoms with E-state index in [1.54, 1.807) is 18.3 Å². The number of hydrogen-bond donors (Lipinski definition) is 1. The number of halogens is 4. The first-order valence-corrected chi connectivity index (χ1v) is 6.26. The smallest absolute Gasteiger partial charge is 0.330 e. The Kier molecular flexibility index (Phi) is 6.35. The van der Waals surface area contributed by atoms with Crippen LogP contribution in [0.25, 0.3) is 0 Å². The van der Waals surface area contributed by atoms with Gasteiger partial charge in [-0.2, -0.15) is 8.78 Å². The molecule has 1 unspecified atom stereocenters. The first-order chi connectivity index (χ1) is 9.36. The number of hydrogen-bond acceptors (Lipinski definition) is 3. The van der Waals surface area contributed by atoms with Crippen molar-refractivity contribution < 1.29 is 22.3 Å². The van der Waals surface area contributed by atoms with Gasteiger partial charge in [-0.15, -0.1) is 0 Å². The van der Waals surface area contributed by atoms with Crippen molar-refractivity contribution in [3.8, 4) is 0 Å². The van der Waals surface area contributed by atoms with Crippen LogP contribution in [0.3, 0.4) is 0 Å². The maximum absolute atomic E-state index is 12.7. The summed E-state index contributed by atoms with van der Waals surface area (Å²) < 4.78 is 54.2. The number of nitrogens with one attached hydrogen (secondary N) is 1. The van der Waals surface area contributed by atoms with E-state index in [1.165, 1.54) is 0 Å². The maximum Gasteiger partial charge on any atom is 0.330 e. The van der Waals surface area contributed by atoms with E-state index in [0.717, 1.165) is 11.3 Å². The summed E-state index contributed by atoms with van der Waals surface area (Å²) >= 11 is 0. The Morgan fingerprint density at radius 2 is 2.05 bits per heavy atom. The Bertz CT molecular complexity index is 398. The minimum Gasteiger partial charge on any atom is -0.373 e. The summed E-state index contributed by atoms with van der Waals surface area (Å²) in [6.45, 7) is 2.84. The summed E-state index contributed by atoms with van der Waals surface area (Å²) in [4.78, 5) is 4.10. The van der Waals surface area contributed by atoms with Crippen molar-refractivity contribution in [2.75, 3.05) is 19.8 Å². The Morgan fingerprint density at radius 3 is 2.55 bits per heavy atom. The highest BCUT2D eigenvalue weighted by Gasteiger charge is 2.41. The van der Waals surface area contributed by atoms with Crippen molar-refractivity contribution in [3.05, 3.63) is 29.6 Å². The predicted molar refractivity (Wildman–Crippen MR) is 67.2 cm³/mol. The summed E-state index contributed by atoms with van der Waals surface area (Å²) in [6, 6.07) is 3.22. The highest BCUT2D eigenvalue weighted by Crippen LogP contribution is 2.23. The van der Waals surface area contributed by atoms with Gasteiger partial charge in [0.25, 0.3) is 0 Å². The van der Waals surface area contributed by atoms with Crippen LogP contribution < -0.4 is 5.32 Å². The van der Waals surface area contributed by atoms with E-state index < -0.39 is 19.0 Å². The molecule has 1 aromatic heterocycles. The summed E-state index contributed by atoms with van der Waals surface area (Å²) in [5.41, 5.74) is 1.59. The van der Waals surface area contributed by atoms with Crippen LogP contribution in [0.5, 0.6) is 0 Å². The molecule has 1 atom stereocenters. The molecule has 0 aliphatic heterocycles. The molecule has 1 heterocycles. The lowest BCUT2D eigenvalue weighted by atomic mass is 10.1. The molecule has 20 heavy (non-hydrogen) atoms. The van der Waals surface area contributed by atoms with Crippen molar-refractivity contribution >= 4 is 0 Å². The van der Waals surface area contributed by atoms with Gasteiger partial charge in [-0.25, -0.2) is 8.78 Å². The zero-order valence-corrected chi connectivity index (χ0v) is 11.4. The van der Waals surface area contributed by atoms with Crippen LogP contribution in [-0.2, 0) is 4.74 Å². The second kappa shape index (κ2) is 7.54. The quantitative estimate of drug-likeness (QED) is 0.749. The molecule has 0 fully saturated rings. The lowest BCUT2D eigenvalue weighted by Gasteiger charge is -2.20. The largest absolute Gasteiger partial charge is 0.373 e. The van der Waals surface area contributed by atoms with Crippen molar-refractivity contribution in [2.24, 2.45) is 0 Å². The van der Waals surface area contributed by atoms with Gasteiger partial charge in [0, 0.05) is 11.9 Å². The minimum absolute atomic E-state index is 0.124. The molecule has 0 radical (unpaired) electrons. The minimum atomic E-state index is -4.12. The molecule has 1 rings (SSSR count). The lowest BCUT2D eigenvalue weighted by molar-refractivity contribution is -0.167. The molecule has 0 bridgehead atoms. The molecule has 0 saturated heterocycles. The summed E-state index contributed by atoms with van der Waals surface area (Å²) in [5.74, 6) is -4.12. The molecule has 114 valence electrons. The fraction of sp³-hybridized carbons (Fsp3) is 0.615. The van der Waals surface area contributed by atoms with Gasteiger partial charge < -0.3 is 10.1 Å². The SMILES string of the molecule is CCNC(COCC(F)(F)C(F)F)c1ccc(C)nc1. The number of likely N-dealkylation sites (N-methyl/N-ethyl adjacent to an activating group) is 1. The van der Waals surface area contributed by atoms with E-state index in [-0.39, 0.29) is 12.6 Å². The van der Waals surface area contributed by atoms with E-state index in [0.29, 0.717) is 6.54 Å². The molecule has 1 aromatic rings. The van der Waals surface area contributed by atoms with Crippen LogP contribution in [-0.4, -0.2) is 37.1 Å². The molecule has 0 aromatic carbocycles. The number of rotatable bonds is 8. The predicted octanol–water partition coefficient (Wildman–Crippen LogP) is 2.96.